The minimum Gasteiger partial charge on any atom is -0.327 e. The maximum absolute atomic E-state index is 13.1. The number of para-hydroxylation sites is 1. The van der Waals surface area contributed by atoms with Gasteiger partial charge in [-0.05, 0) is 57.1 Å². The van der Waals surface area contributed by atoms with E-state index in [1.165, 1.54) is 4.70 Å². The topological polar surface area (TPSA) is 71.3 Å². The fourth-order valence-corrected chi connectivity index (χ4v) is 7.15. The van der Waals surface area contributed by atoms with Gasteiger partial charge in [0, 0.05) is 19.6 Å². The minimum atomic E-state index is -3.47. The molecule has 0 aliphatic carbocycles. The van der Waals surface area contributed by atoms with Crippen molar-refractivity contribution in [3.05, 3.63) is 53.3 Å². The number of aryl methyl sites for hydroxylation is 1. The van der Waals surface area contributed by atoms with Crippen LogP contribution in [0.1, 0.15) is 37.0 Å². The number of piperidine rings is 1. The first-order valence-electron chi connectivity index (χ1n) is 11.5. The maximum atomic E-state index is 13.1. The van der Waals surface area contributed by atoms with Crippen LogP contribution in [0.15, 0.2) is 47.4 Å². The van der Waals surface area contributed by atoms with Crippen molar-refractivity contribution in [1.29, 1.82) is 0 Å². The summed E-state index contributed by atoms with van der Waals surface area (Å²) in [6, 6.07) is 13.6. The van der Waals surface area contributed by atoms with Gasteiger partial charge < -0.3 is 4.57 Å². The van der Waals surface area contributed by atoms with Gasteiger partial charge in [-0.25, -0.2) is 18.4 Å². The lowest BCUT2D eigenvalue weighted by Crippen LogP contribution is -2.35. The molecule has 1 aliphatic rings. The smallest absolute Gasteiger partial charge is 0.243 e. The highest BCUT2D eigenvalue weighted by Gasteiger charge is 2.26. The van der Waals surface area contributed by atoms with Crippen LogP contribution in [0, 0.1) is 0 Å². The van der Waals surface area contributed by atoms with Gasteiger partial charge in [-0.15, -0.1) is 11.3 Å². The Labute approximate surface area is 198 Å². The number of rotatable bonds is 7. The van der Waals surface area contributed by atoms with Crippen LogP contribution in [0.2, 0.25) is 0 Å². The molecule has 1 saturated heterocycles. The third-order valence-corrected chi connectivity index (χ3v) is 9.14. The molecular weight excluding hydrogens is 454 g/mol. The molecule has 33 heavy (non-hydrogen) atoms. The number of fused-ring (bicyclic) bond motifs is 2. The van der Waals surface area contributed by atoms with Crippen LogP contribution in [0.3, 0.4) is 0 Å². The predicted octanol–water partition coefficient (Wildman–Crippen LogP) is 4.47. The molecule has 174 valence electrons. The summed E-state index contributed by atoms with van der Waals surface area (Å²) in [5.74, 6) is 0.934. The van der Waals surface area contributed by atoms with Crippen molar-refractivity contribution in [3.8, 4) is 0 Å². The summed E-state index contributed by atoms with van der Waals surface area (Å²) in [4.78, 5) is 12.1. The SMILES string of the molecule is CCn1c(CN(C)Cc2nc3ccccc3s2)nc2cc(S(=O)(=O)N3CCCCC3)ccc21. The zero-order chi connectivity index (χ0) is 23.0. The van der Waals surface area contributed by atoms with Crippen LogP contribution < -0.4 is 0 Å². The predicted molar refractivity (Wildman–Crippen MR) is 133 cm³/mol. The first-order chi connectivity index (χ1) is 16.0. The average Bonchev–Trinajstić information content (AvgIpc) is 3.38. The summed E-state index contributed by atoms with van der Waals surface area (Å²) in [6.45, 7) is 5.47. The summed E-state index contributed by atoms with van der Waals surface area (Å²) >= 11 is 1.72. The Morgan fingerprint density at radius 1 is 1.00 bits per heavy atom. The van der Waals surface area contributed by atoms with Crippen LogP contribution in [0.4, 0.5) is 0 Å². The molecule has 0 radical (unpaired) electrons. The van der Waals surface area contributed by atoms with E-state index in [1.807, 2.05) is 24.3 Å². The van der Waals surface area contributed by atoms with Crippen LogP contribution in [-0.2, 0) is 29.7 Å². The second-order valence-corrected chi connectivity index (χ2v) is 11.7. The molecule has 9 heteroatoms. The van der Waals surface area contributed by atoms with Crippen molar-refractivity contribution in [1.82, 2.24) is 23.7 Å². The largest absolute Gasteiger partial charge is 0.327 e. The van der Waals surface area contributed by atoms with Crippen molar-refractivity contribution in [2.75, 3.05) is 20.1 Å². The van der Waals surface area contributed by atoms with Gasteiger partial charge in [-0.3, -0.25) is 4.90 Å². The van der Waals surface area contributed by atoms with E-state index in [4.69, 9.17) is 9.97 Å². The molecule has 0 spiro atoms. The summed E-state index contributed by atoms with van der Waals surface area (Å²) < 4.78 is 31.2. The molecule has 0 bridgehead atoms. The zero-order valence-corrected chi connectivity index (χ0v) is 20.7. The maximum Gasteiger partial charge on any atom is 0.243 e. The summed E-state index contributed by atoms with van der Waals surface area (Å²) in [5.41, 5.74) is 2.74. The molecule has 1 aliphatic heterocycles. The van der Waals surface area contributed by atoms with Gasteiger partial charge in [0.25, 0.3) is 0 Å². The van der Waals surface area contributed by atoms with Crippen molar-refractivity contribution in [2.45, 2.75) is 50.7 Å². The van der Waals surface area contributed by atoms with Crippen LogP contribution in [0.25, 0.3) is 21.3 Å². The quantitative estimate of drug-likeness (QED) is 0.388. The van der Waals surface area contributed by atoms with Crippen molar-refractivity contribution < 1.29 is 8.42 Å². The number of sulfonamides is 1. The number of hydrogen-bond acceptors (Lipinski definition) is 6. The Morgan fingerprint density at radius 3 is 2.55 bits per heavy atom. The minimum absolute atomic E-state index is 0.340. The number of benzene rings is 2. The van der Waals surface area contributed by atoms with E-state index in [-0.39, 0.29) is 0 Å². The van der Waals surface area contributed by atoms with E-state index >= 15 is 0 Å². The van der Waals surface area contributed by atoms with Crippen molar-refractivity contribution >= 4 is 42.6 Å². The Morgan fingerprint density at radius 2 is 1.79 bits per heavy atom. The Bertz CT molecular complexity index is 1350. The summed E-state index contributed by atoms with van der Waals surface area (Å²) in [7, 11) is -1.41. The number of thiazole rings is 1. The molecule has 0 N–H and O–H groups in total. The molecule has 0 saturated carbocycles. The first-order valence-corrected chi connectivity index (χ1v) is 13.7. The molecule has 1 fully saturated rings. The molecule has 5 rings (SSSR count). The molecule has 0 amide bonds. The lowest BCUT2D eigenvalue weighted by atomic mass is 10.2. The lowest BCUT2D eigenvalue weighted by Gasteiger charge is -2.25. The van der Waals surface area contributed by atoms with Gasteiger partial charge in [-0.1, -0.05) is 18.6 Å². The number of nitrogens with zero attached hydrogens (tertiary/aromatic N) is 5. The highest BCUT2D eigenvalue weighted by atomic mass is 32.2. The van der Waals surface area contributed by atoms with E-state index in [9.17, 15) is 8.42 Å². The molecule has 0 atom stereocenters. The summed E-state index contributed by atoms with van der Waals surface area (Å²) in [5, 5.41) is 1.08. The van der Waals surface area contributed by atoms with E-state index in [1.54, 1.807) is 27.8 Å². The van der Waals surface area contributed by atoms with Gasteiger partial charge in [0.15, 0.2) is 0 Å². The lowest BCUT2D eigenvalue weighted by molar-refractivity contribution is 0.306. The molecule has 0 unspecified atom stereocenters. The van der Waals surface area contributed by atoms with Crippen LogP contribution >= 0.6 is 11.3 Å². The Balaban J connectivity index is 1.39. The number of hydrogen-bond donors (Lipinski definition) is 0. The molecule has 3 heterocycles. The summed E-state index contributed by atoms with van der Waals surface area (Å²) in [6.07, 6.45) is 2.95. The van der Waals surface area contributed by atoms with Crippen molar-refractivity contribution in [2.24, 2.45) is 0 Å². The van der Waals surface area contributed by atoms with Gasteiger partial charge in [0.1, 0.15) is 10.8 Å². The van der Waals surface area contributed by atoms with Crippen LogP contribution in [0.5, 0.6) is 0 Å². The van der Waals surface area contributed by atoms with Gasteiger partial charge in [0.2, 0.25) is 10.0 Å². The monoisotopic (exact) mass is 483 g/mol. The third kappa shape index (κ3) is 4.42. The number of imidazole rings is 1. The van der Waals surface area contributed by atoms with E-state index in [2.05, 4.69) is 29.5 Å². The first kappa shape index (κ1) is 22.5. The molecule has 2 aromatic heterocycles. The molecule has 2 aromatic carbocycles. The van der Waals surface area contributed by atoms with E-state index < -0.39 is 10.0 Å². The zero-order valence-electron chi connectivity index (χ0n) is 19.1. The van der Waals surface area contributed by atoms with Gasteiger partial charge >= 0.3 is 0 Å². The van der Waals surface area contributed by atoms with Crippen molar-refractivity contribution in [3.63, 3.8) is 0 Å². The van der Waals surface area contributed by atoms with Gasteiger partial charge in [-0.2, -0.15) is 4.31 Å². The second kappa shape index (κ2) is 9.13. The molecular formula is C24H29N5O2S2. The van der Waals surface area contributed by atoms with Crippen LogP contribution in [-0.4, -0.2) is 52.3 Å². The fraction of sp³-hybridized carbons (Fsp3) is 0.417. The Kier molecular flexibility index (Phi) is 6.22. The normalized spacial score (nSPS) is 15.7. The second-order valence-electron chi connectivity index (χ2n) is 8.64. The van der Waals surface area contributed by atoms with Gasteiger partial charge in [0.05, 0.1) is 39.2 Å². The molecule has 4 aromatic rings. The van der Waals surface area contributed by atoms with E-state index in [0.29, 0.717) is 24.5 Å². The standard InChI is InChI=1S/C24H29N5O2S2/c1-3-29-21-12-11-18(33(30,31)28-13-7-4-8-14-28)15-20(21)25-23(29)16-27(2)17-24-26-19-9-5-6-10-22(19)32-24/h5-6,9-12,15H,3-4,7-8,13-14,16-17H2,1-2H3. The Hall–Kier alpha value is -2.33. The third-order valence-electron chi connectivity index (χ3n) is 6.22. The highest BCUT2D eigenvalue weighted by molar-refractivity contribution is 7.89. The fourth-order valence-electron chi connectivity index (χ4n) is 4.56. The number of aromatic nitrogens is 3. The highest BCUT2D eigenvalue weighted by Crippen LogP contribution is 2.26. The van der Waals surface area contributed by atoms with E-state index in [0.717, 1.165) is 59.7 Å². The molecule has 7 nitrogen and oxygen atoms in total. The average molecular weight is 484 g/mol.